The summed E-state index contributed by atoms with van der Waals surface area (Å²) in [5.41, 5.74) is 18.3. The molecular weight excluding hydrogens is 1050 g/mol. The van der Waals surface area contributed by atoms with E-state index in [1.54, 1.807) is 0 Å². The van der Waals surface area contributed by atoms with Crippen molar-refractivity contribution in [3.63, 3.8) is 0 Å². The average molecular weight is 1100 g/mol. The van der Waals surface area contributed by atoms with E-state index in [4.69, 9.17) is 9.72 Å². The normalized spacial score (nSPS) is 13.0. The van der Waals surface area contributed by atoms with Crippen LogP contribution in [0.15, 0.2) is 219 Å². The third kappa shape index (κ3) is 7.64. The van der Waals surface area contributed by atoms with Crippen LogP contribution < -0.4 is 14.5 Å². The Bertz CT molecular complexity index is 3690. The van der Waals surface area contributed by atoms with Crippen molar-refractivity contribution in [2.45, 2.75) is 32.1 Å². The Morgan fingerprint density at radius 3 is 1.79 bits per heavy atom. The summed E-state index contributed by atoms with van der Waals surface area (Å²) in [4.78, 5) is 9.59. The second-order valence-corrected chi connectivity index (χ2v) is 19.2. The minimum atomic E-state index is -0.0732. The van der Waals surface area contributed by atoms with Crippen LogP contribution in [0.1, 0.15) is 48.9 Å². The van der Waals surface area contributed by atoms with Gasteiger partial charge in [-0.05, 0) is 97.8 Å². The molecule has 0 unspecified atom stereocenters. The van der Waals surface area contributed by atoms with Gasteiger partial charge in [0, 0.05) is 78.4 Å². The molecule has 2 aromatic heterocycles. The van der Waals surface area contributed by atoms with Crippen LogP contribution in [-0.4, -0.2) is 9.55 Å². The number of nitrogens with zero attached hydrogens (tertiary/aromatic N) is 4. The molecule has 1 aliphatic carbocycles. The summed E-state index contributed by atoms with van der Waals surface area (Å²) in [6.45, 7) is 9.06. The molecule has 0 bridgehead atoms. The molecule has 0 spiro atoms. The van der Waals surface area contributed by atoms with Crippen LogP contribution in [0.5, 0.6) is 11.5 Å². The summed E-state index contributed by atoms with van der Waals surface area (Å²) >= 11 is 0. The third-order valence-corrected chi connectivity index (χ3v) is 14.0. The van der Waals surface area contributed by atoms with Crippen molar-refractivity contribution in [1.82, 2.24) is 9.55 Å². The van der Waals surface area contributed by atoms with Crippen molar-refractivity contribution in [2.24, 2.45) is 0 Å². The summed E-state index contributed by atoms with van der Waals surface area (Å²) in [6, 6.07) is 82.9. The Balaban J connectivity index is 0.00000517. The molecule has 9 aromatic carbocycles. The van der Waals surface area contributed by atoms with E-state index in [1.807, 2.05) is 24.4 Å². The van der Waals surface area contributed by atoms with E-state index in [2.05, 4.69) is 248 Å². The van der Waals surface area contributed by atoms with Crippen molar-refractivity contribution in [2.75, 3.05) is 9.80 Å². The van der Waals surface area contributed by atoms with Crippen LogP contribution in [0, 0.1) is 18.8 Å². The molecule has 0 amide bonds. The zero-order chi connectivity index (χ0) is 46.9. The maximum absolute atomic E-state index is 6.76. The van der Waals surface area contributed by atoms with Gasteiger partial charge in [0.1, 0.15) is 5.82 Å². The molecule has 0 saturated carbocycles. The number of hydrogen-bond acceptors (Lipinski definition) is 4. The number of ether oxygens (including phenoxy) is 1. The van der Waals surface area contributed by atoms with Crippen molar-refractivity contribution in [1.29, 1.82) is 0 Å². The predicted molar refractivity (Wildman–Crippen MR) is 287 cm³/mol. The van der Waals surface area contributed by atoms with Gasteiger partial charge in [-0.25, -0.2) is 4.98 Å². The largest absolute Gasteiger partial charge is 0.509 e. The van der Waals surface area contributed by atoms with Gasteiger partial charge in [0.05, 0.1) is 0 Å². The Morgan fingerprint density at radius 2 is 1.11 bits per heavy atom. The molecule has 11 aromatic rings. The average Bonchev–Trinajstić information content (AvgIpc) is 4.07. The fourth-order valence-electron chi connectivity index (χ4n) is 10.7. The van der Waals surface area contributed by atoms with Gasteiger partial charge in [0.2, 0.25) is 0 Å². The van der Waals surface area contributed by atoms with Crippen LogP contribution in [0.25, 0.3) is 61.0 Å². The standard InChI is InChI=1S/C65H47N4O.Pt/c1-65(2,3)46-38-56(43-19-6-4-7-20-43)64(57(39-46)44-21-8-5-9-22-44)68-42-67(59-31-16-17-32-60(59)68)47-23-18-24-48(40-47)70-49-33-34-53-52-27-14-15-30-58(52)69(61(53)41-49)62-37-45(35-36-66-62)63-54-28-12-10-25-50(54)51-26-11-13-29-55(51)63;/h4-39,42,63H,1-3H3;/q-3;. The van der Waals surface area contributed by atoms with Crippen molar-refractivity contribution < 1.29 is 25.8 Å². The molecular formula is C65H47N4OPt-3. The molecule has 0 atom stereocenters. The van der Waals surface area contributed by atoms with Gasteiger partial charge in [-0.1, -0.05) is 166 Å². The zero-order valence-electron chi connectivity index (χ0n) is 39.5. The zero-order valence-corrected chi connectivity index (χ0v) is 41.7. The first-order valence-electron chi connectivity index (χ1n) is 24.0. The molecule has 1 aliphatic heterocycles. The van der Waals surface area contributed by atoms with Crippen LogP contribution in [0.4, 0.5) is 22.7 Å². The Morgan fingerprint density at radius 1 is 0.521 bits per heavy atom. The van der Waals surface area contributed by atoms with Crippen LogP contribution in [0.2, 0.25) is 0 Å². The van der Waals surface area contributed by atoms with Gasteiger partial charge in [-0.15, -0.1) is 48.1 Å². The Kier molecular flexibility index (Phi) is 11.1. The smallest absolute Gasteiger partial charge is 0.135 e. The molecule has 3 heterocycles. The van der Waals surface area contributed by atoms with Crippen LogP contribution in [-0.2, 0) is 26.5 Å². The molecule has 0 N–H and O–H groups in total. The van der Waals surface area contributed by atoms with Gasteiger partial charge in [-0.3, -0.25) is 0 Å². The molecule has 0 saturated heterocycles. The van der Waals surface area contributed by atoms with Crippen molar-refractivity contribution in [3.05, 3.63) is 260 Å². The van der Waals surface area contributed by atoms with Crippen LogP contribution in [0.3, 0.4) is 0 Å². The number of rotatable bonds is 8. The molecule has 346 valence electrons. The minimum Gasteiger partial charge on any atom is -0.509 e. The fraction of sp³-hybridized carbons (Fsp3) is 0.0769. The van der Waals surface area contributed by atoms with E-state index in [9.17, 15) is 0 Å². The number of hydrogen-bond donors (Lipinski definition) is 0. The molecule has 6 heteroatoms. The first-order valence-corrected chi connectivity index (χ1v) is 24.0. The summed E-state index contributed by atoms with van der Waals surface area (Å²) in [5.74, 6) is 2.11. The van der Waals surface area contributed by atoms with Gasteiger partial charge in [0.25, 0.3) is 0 Å². The van der Waals surface area contributed by atoms with Gasteiger partial charge >= 0.3 is 0 Å². The van der Waals surface area contributed by atoms with E-state index in [0.717, 1.165) is 61.5 Å². The first kappa shape index (κ1) is 44.2. The fourth-order valence-corrected chi connectivity index (χ4v) is 10.7. The van der Waals surface area contributed by atoms with E-state index in [1.165, 1.54) is 44.5 Å². The molecule has 2 aliphatic rings. The first-order chi connectivity index (χ1) is 34.4. The summed E-state index contributed by atoms with van der Waals surface area (Å²) in [6.07, 6.45) is 1.94. The SMILES string of the molecule is CC(C)(C)c1cc(-c2ccccc2)c(N2[CH-]N(c3[c-]c(Oc4[c-]c5c(cc4)c4ccccc4n5-c4cc(C5c6ccccc6-c6ccccc65)ccn4)ccc3)c3ccccc32)c(-c2ccccc2)c1.[Pt]. The maximum Gasteiger partial charge on any atom is 0.135 e. The van der Waals surface area contributed by atoms with Gasteiger partial charge in [-0.2, -0.15) is 12.1 Å². The monoisotopic (exact) mass is 1090 g/mol. The maximum atomic E-state index is 6.76. The minimum absolute atomic E-state index is 0. The predicted octanol–water partition coefficient (Wildman–Crippen LogP) is 16.8. The molecule has 71 heavy (non-hydrogen) atoms. The quantitative estimate of drug-likeness (QED) is 0.142. The van der Waals surface area contributed by atoms with Crippen molar-refractivity contribution in [3.8, 4) is 50.7 Å². The summed E-state index contributed by atoms with van der Waals surface area (Å²) < 4.78 is 8.98. The number of benzene rings is 9. The molecule has 0 radical (unpaired) electrons. The van der Waals surface area contributed by atoms with Gasteiger partial charge in [0.15, 0.2) is 0 Å². The van der Waals surface area contributed by atoms with Crippen LogP contribution >= 0.6 is 0 Å². The number of fused-ring (bicyclic) bond motifs is 7. The molecule has 13 rings (SSSR count). The van der Waals surface area contributed by atoms with E-state index in [-0.39, 0.29) is 32.4 Å². The van der Waals surface area contributed by atoms with E-state index >= 15 is 0 Å². The Hall–Kier alpha value is -7.98. The topological polar surface area (TPSA) is 33.5 Å². The van der Waals surface area contributed by atoms with E-state index < -0.39 is 0 Å². The third-order valence-electron chi connectivity index (χ3n) is 14.0. The summed E-state index contributed by atoms with van der Waals surface area (Å²) in [5, 5.41) is 2.21. The molecule has 0 fully saturated rings. The summed E-state index contributed by atoms with van der Waals surface area (Å²) in [7, 11) is 0. The number of pyridine rings is 1. The number of aromatic nitrogens is 2. The Labute approximate surface area is 429 Å². The van der Waals surface area contributed by atoms with Gasteiger partial charge < -0.3 is 19.1 Å². The molecule has 5 nitrogen and oxygen atoms in total. The van der Waals surface area contributed by atoms with E-state index in [0.29, 0.717) is 11.5 Å². The van der Waals surface area contributed by atoms with Crippen molar-refractivity contribution >= 4 is 44.6 Å². The second-order valence-electron chi connectivity index (χ2n) is 19.2. The number of para-hydroxylation sites is 3. The second kappa shape index (κ2) is 17.8. The number of anilines is 4.